The summed E-state index contributed by atoms with van der Waals surface area (Å²) in [6, 6.07) is 0. The molecular formula is C7H8F7O4P. The third-order valence-corrected chi connectivity index (χ3v) is 3.35. The number of halogens is 7. The average Bonchev–Trinajstić information content (AvgIpc) is 2.12. The molecule has 2 atom stereocenters. The van der Waals surface area contributed by atoms with Crippen molar-refractivity contribution in [1.29, 1.82) is 0 Å². The number of rotatable bonds is 3. The molecule has 0 amide bonds. The summed E-state index contributed by atoms with van der Waals surface area (Å²) < 4.78 is 106. The van der Waals surface area contributed by atoms with E-state index in [0.717, 1.165) is 0 Å². The van der Waals surface area contributed by atoms with Crippen molar-refractivity contribution in [3.05, 3.63) is 0 Å². The van der Waals surface area contributed by atoms with Crippen molar-refractivity contribution < 1.29 is 49.2 Å². The fourth-order valence-electron chi connectivity index (χ4n) is 1.33. The van der Waals surface area contributed by atoms with Gasteiger partial charge in [-0.2, -0.15) is 30.7 Å². The summed E-state index contributed by atoms with van der Waals surface area (Å²) in [5, 5.41) is 0. The molecule has 1 aliphatic heterocycles. The molecule has 0 aromatic heterocycles. The van der Waals surface area contributed by atoms with Crippen LogP contribution in [0, 0.1) is 0 Å². The largest absolute Gasteiger partial charge is 0.472 e. The molecule has 1 aliphatic rings. The SMILES string of the molecule is O=P1(O)OCCC(CC(F)(F)C(F)(F)C(F)(F)F)O1. The Kier molecular flexibility index (Phi) is 4.27. The van der Waals surface area contributed by atoms with Crippen LogP contribution >= 0.6 is 7.82 Å². The molecule has 114 valence electrons. The van der Waals surface area contributed by atoms with E-state index in [1.165, 1.54) is 0 Å². The summed E-state index contributed by atoms with van der Waals surface area (Å²) >= 11 is 0. The second kappa shape index (κ2) is 4.87. The van der Waals surface area contributed by atoms with Gasteiger partial charge in [0, 0.05) is 6.42 Å². The lowest BCUT2D eigenvalue weighted by molar-refractivity contribution is -0.358. The summed E-state index contributed by atoms with van der Waals surface area (Å²) in [4.78, 5) is 8.76. The van der Waals surface area contributed by atoms with E-state index in [2.05, 4.69) is 9.05 Å². The molecule has 0 aromatic carbocycles. The van der Waals surface area contributed by atoms with Crippen LogP contribution in [0.5, 0.6) is 0 Å². The fourth-order valence-corrected chi connectivity index (χ4v) is 2.29. The zero-order valence-electron chi connectivity index (χ0n) is 8.96. The first-order chi connectivity index (χ1) is 8.29. The first-order valence-corrected chi connectivity index (χ1v) is 6.26. The number of alkyl halides is 7. The predicted molar refractivity (Wildman–Crippen MR) is 45.8 cm³/mol. The quantitative estimate of drug-likeness (QED) is 0.641. The molecule has 2 unspecified atom stereocenters. The van der Waals surface area contributed by atoms with Crippen molar-refractivity contribution in [2.75, 3.05) is 6.61 Å². The molecule has 19 heavy (non-hydrogen) atoms. The summed E-state index contributed by atoms with van der Waals surface area (Å²) in [6.07, 6.45) is -10.9. The second-order valence-corrected chi connectivity index (χ2v) is 5.20. The lowest BCUT2D eigenvalue weighted by Gasteiger charge is -2.32. The zero-order valence-corrected chi connectivity index (χ0v) is 9.86. The Hall–Kier alpha value is -0.380. The molecule has 0 radical (unpaired) electrons. The fraction of sp³-hybridized carbons (Fsp3) is 1.00. The average molecular weight is 320 g/mol. The van der Waals surface area contributed by atoms with Gasteiger partial charge in [-0.15, -0.1) is 0 Å². The Bertz CT molecular complexity index is 382. The van der Waals surface area contributed by atoms with Crippen LogP contribution in [-0.2, 0) is 13.6 Å². The van der Waals surface area contributed by atoms with Crippen LogP contribution in [0.4, 0.5) is 30.7 Å². The lowest BCUT2D eigenvalue weighted by Crippen LogP contribution is -2.53. The Morgan fingerprint density at radius 1 is 1.16 bits per heavy atom. The minimum Gasteiger partial charge on any atom is -0.302 e. The van der Waals surface area contributed by atoms with Crippen LogP contribution in [0.1, 0.15) is 12.8 Å². The van der Waals surface area contributed by atoms with E-state index in [0.29, 0.717) is 0 Å². The van der Waals surface area contributed by atoms with Gasteiger partial charge in [-0.1, -0.05) is 0 Å². The Morgan fingerprint density at radius 3 is 2.11 bits per heavy atom. The number of hydrogen-bond acceptors (Lipinski definition) is 3. The second-order valence-electron chi connectivity index (χ2n) is 3.80. The third kappa shape index (κ3) is 3.59. The predicted octanol–water partition coefficient (Wildman–Crippen LogP) is 3.12. The maximum atomic E-state index is 13.0. The maximum Gasteiger partial charge on any atom is 0.472 e. The molecule has 0 aromatic rings. The van der Waals surface area contributed by atoms with E-state index >= 15 is 0 Å². The van der Waals surface area contributed by atoms with E-state index < -0.39 is 51.4 Å². The summed E-state index contributed by atoms with van der Waals surface area (Å²) in [5.74, 6) is -11.7. The van der Waals surface area contributed by atoms with Crippen LogP contribution < -0.4 is 0 Å². The molecule has 1 rings (SSSR count). The van der Waals surface area contributed by atoms with Crippen LogP contribution in [0.15, 0.2) is 0 Å². The Balaban J connectivity index is 2.82. The molecule has 4 nitrogen and oxygen atoms in total. The number of hydrogen-bond donors (Lipinski definition) is 1. The van der Waals surface area contributed by atoms with Gasteiger partial charge in [0.15, 0.2) is 0 Å². The van der Waals surface area contributed by atoms with Crippen LogP contribution in [0.2, 0.25) is 0 Å². The van der Waals surface area contributed by atoms with Crippen LogP contribution in [0.25, 0.3) is 0 Å². The normalized spacial score (nSPS) is 30.4. The molecule has 1 saturated heterocycles. The van der Waals surface area contributed by atoms with Gasteiger partial charge in [-0.05, 0) is 6.42 Å². The first-order valence-electron chi connectivity index (χ1n) is 4.77. The van der Waals surface area contributed by atoms with Gasteiger partial charge < -0.3 is 4.89 Å². The van der Waals surface area contributed by atoms with Crippen molar-refractivity contribution in [3.63, 3.8) is 0 Å². The van der Waals surface area contributed by atoms with Crippen molar-refractivity contribution in [1.82, 2.24) is 0 Å². The van der Waals surface area contributed by atoms with E-state index in [1.807, 2.05) is 0 Å². The highest BCUT2D eigenvalue weighted by Gasteiger charge is 2.73. The molecule has 1 N–H and O–H groups in total. The van der Waals surface area contributed by atoms with Crippen molar-refractivity contribution in [3.8, 4) is 0 Å². The summed E-state index contributed by atoms with van der Waals surface area (Å²) in [5.41, 5.74) is 0. The van der Waals surface area contributed by atoms with Gasteiger partial charge in [0.2, 0.25) is 0 Å². The standard InChI is InChI=1S/C7H8F7O4P/c8-5(9,6(10,11)7(12,13)14)3-4-1-2-17-19(15,16)18-4/h4H,1-3H2,(H,15,16). The Morgan fingerprint density at radius 2 is 1.68 bits per heavy atom. The highest BCUT2D eigenvalue weighted by atomic mass is 31.2. The molecule has 0 saturated carbocycles. The first kappa shape index (κ1) is 16.7. The summed E-state index contributed by atoms with van der Waals surface area (Å²) in [6.45, 7) is -0.563. The summed E-state index contributed by atoms with van der Waals surface area (Å²) in [7, 11) is -4.68. The lowest BCUT2D eigenvalue weighted by atomic mass is 10.0. The Labute approximate surface area is 102 Å². The van der Waals surface area contributed by atoms with Crippen molar-refractivity contribution in [2.24, 2.45) is 0 Å². The van der Waals surface area contributed by atoms with Gasteiger partial charge in [0.25, 0.3) is 0 Å². The van der Waals surface area contributed by atoms with E-state index in [-0.39, 0.29) is 0 Å². The van der Waals surface area contributed by atoms with Gasteiger partial charge in [0.05, 0.1) is 12.7 Å². The zero-order chi connectivity index (χ0) is 15.1. The topological polar surface area (TPSA) is 55.8 Å². The van der Waals surface area contributed by atoms with Crippen molar-refractivity contribution in [2.45, 2.75) is 37.0 Å². The number of phosphoric acid groups is 1. The molecular weight excluding hydrogens is 312 g/mol. The molecule has 0 aliphatic carbocycles. The van der Waals surface area contributed by atoms with Crippen molar-refractivity contribution >= 4 is 7.82 Å². The molecule has 1 fully saturated rings. The van der Waals surface area contributed by atoms with Crippen LogP contribution in [-0.4, -0.2) is 35.6 Å². The van der Waals surface area contributed by atoms with Gasteiger partial charge >= 0.3 is 25.8 Å². The van der Waals surface area contributed by atoms with Gasteiger partial charge in [-0.25, -0.2) is 4.57 Å². The van der Waals surface area contributed by atoms with E-state index in [9.17, 15) is 35.3 Å². The van der Waals surface area contributed by atoms with E-state index in [4.69, 9.17) is 4.89 Å². The third-order valence-electron chi connectivity index (χ3n) is 2.28. The van der Waals surface area contributed by atoms with Gasteiger partial charge in [0.1, 0.15) is 0 Å². The molecule has 12 heteroatoms. The van der Waals surface area contributed by atoms with Gasteiger partial charge in [-0.3, -0.25) is 9.05 Å². The molecule has 0 spiro atoms. The minimum absolute atomic E-state index is 0.506. The number of phosphoric ester groups is 1. The minimum atomic E-state index is -6.44. The highest BCUT2D eigenvalue weighted by Crippen LogP contribution is 2.53. The monoisotopic (exact) mass is 320 g/mol. The van der Waals surface area contributed by atoms with E-state index in [1.54, 1.807) is 0 Å². The van der Waals surface area contributed by atoms with Crippen LogP contribution in [0.3, 0.4) is 0 Å². The maximum absolute atomic E-state index is 13.0. The molecule has 0 bridgehead atoms. The smallest absolute Gasteiger partial charge is 0.302 e. The molecule has 1 heterocycles. The highest BCUT2D eigenvalue weighted by molar-refractivity contribution is 7.47.